The van der Waals surface area contributed by atoms with Crippen LogP contribution in [0.2, 0.25) is 10.0 Å². The molecule has 1 aromatic carbocycles. The molecule has 0 unspecified atom stereocenters. The van der Waals surface area contributed by atoms with E-state index in [0.29, 0.717) is 18.5 Å². The van der Waals surface area contributed by atoms with E-state index in [1.165, 1.54) is 25.3 Å². The highest BCUT2D eigenvalue weighted by atomic mass is 35.5. The van der Waals surface area contributed by atoms with Crippen molar-refractivity contribution in [3.8, 4) is 5.75 Å². The summed E-state index contributed by atoms with van der Waals surface area (Å²) >= 11 is 12.2. The molecular weight excluding hydrogens is 371 g/mol. The standard InChI is InChI=1S/C16H16Cl2N2O5/c1-3-4-20-15(22)12(19-16(20)23)7-9-5-10(17)14(11(18)6-9)25-8-13(21)24-2/h5-7H,3-4,8H2,1-2H3,(H,19,23)/b12-7+. The number of amides is 3. The quantitative estimate of drug-likeness (QED) is 0.461. The second kappa shape index (κ2) is 8.22. The molecule has 0 aliphatic carbocycles. The lowest BCUT2D eigenvalue weighted by Crippen LogP contribution is -2.31. The van der Waals surface area contributed by atoms with E-state index in [-0.39, 0.29) is 28.1 Å². The van der Waals surface area contributed by atoms with E-state index in [4.69, 9.17) is 27.9 Å². The maximum absolute atomic E-state index is 12.2. The molecule has 0 saturated carbocycles. The lowest BCUT2D eigenvalue weighted by atomic mass is 10.1. The van der Waals surface area contributed by atoms with Crippen LogP contribution in [0.15, 0.2) is 17.8 Å². The summed E-state index contributed by atoms with van der Waals surface area (Å²) in [5, 5.41) is 2.82. The molecule has 0 bridgehead atoms. The van der Waals surface area contributed by atoms with Crippen LogP contribution in [-0.4, -0.2) is 43.1 Å². The van der Waals surface area contributed by atoms with Gasteiger partial charge in [-0.2, -0.15) is 0 Å². The second-order valence-corrected chi connectivity index (χ2v) is 5.94. The van der Waals surface area contributed by atoms with Crippen LogP contribution in [-0.2, 0) is 14.3 Å². The zero-order valence-corrected chi connectivity index (χ0v) is 15.1. The number of esters is 1. The molecule has 1 fully saturated rings. The number of ether oxygens (including phenoxy) is 2. The number of carbonyl (C=O) groups excluding carboxylic acids is 3. The van der Waals surface area contributed by atoms with Gasteiger partial charge in [0.2, 0.25) is 0 Å². The average Bonchev–Trinajstić information content (AvgIpc) is 2.81. The lowest BCUT2D eigenvalue weighted by molar-refractivity contribution is -0.142. The molecule has 0 aromatic heterocycles. The average molecular weight is 387 g/mol. The molecule has 0 atom stereocenters. The maximum atomic E-state index is 12.2. The highest BCUT2D eigenvalue weighted by Gasteiger charge is 2.32. The van der Waals surface area contributed by atoms with Gasteiger partial charge in [0.15, 0.2) is 12.4 Å². The van der Waals surface area contributed by atoms with E-state index in [1.54, 1.807) is 0 Å². The van der Waals surface area contributed by atoms with Crippen molar-refractivity contribution in [1.29, 1.82) is 0 Å². The molecule has 0 spiro atoms. The predicted octanol–water partition coefficient (Wildman–Crippen LogP) is 2.85. The van der Waals surface area contributed by atoms with Gasteiger partial charge in [0.1, 0.15) is 5.70 Å². The van der Waals surface area contributed by atoms with Crippen LogP contribution in [0.4, 0.5) is 4.79 Å². The summed E-state index contributed by atoms with van der Waals surface area (Å²) in [6.07, 6.45) is 2.13. The Morgan fingerprint density at radius 3 is 2.48 bits per heavy atom. The largest absolute Gasteiger partial charge is 0.479 e. The third-order valence-corrected chi connectivity index (χ3v) is 3.86. The van der Waals surface area contributed by atoms with Gasteiger partial charge in [0.05, 0.1) is 17.2 Å². The minimum absolute atomic E-state index is 0.130. The van der Waals surface area contributed by atoms with Gasteiger partial charge in [-0.15, -0.1) is 0 Å². The third-order valence-electron chi connectivity index (χ3n) is 3.30. The number of hydrogen-bond acceptors (Lipinski definition) is 5. The fraction of sp³-hybridized carbons (Fsp3) is 0.312. The van der Waals surface area contributed by atoms with Crippen molar-refractivity contribution in [2.75, 3.05) is 20.3 Å². The van der Waals surface area contributed by atoms with Crippen LogP contribution in [0.25, 0.3) is 6.08 Å². The minimum Gasteiger partial charge on any atom is -0.479 e. The topological polar surface area (TPSA) is 84.9 Å². The Balaban J connectivity index is 2.22. The fourth-order valence-corrected chi connectivity index (χ4v) is 2.77. The third kappa shape index (κ3) is 4.43. The van der Waals surface area contributed by atoms with Crippen molar-refractivity contribution >= 4 is 47.2 Å². The molecule has 3 amide bonds. The predicted molar refractivity (Wildman–Crippen MR) is 92.5 cm³/mol. The van der Waals surface area contributed by atoms with Gasteiger partial charge in [-0.1, -0.05) is 30.1 Å². The number of nitrogens with zero attached hydrogens (tertiary/aromatic N) is 1. The smallest absolute Gasteiger partial charge is 0.343 e. The Kier molecular flexibility index (Phi) is 6.27. The number of urea groups is 1. The molecule has 1 N–H and O–H groups in total. The van der Waals surface area contributed by atoms with Crippen molar-refractivity contribution in [3.63, 3.8) is 0 Å². The number of nitrogens with one attached hydrogen (secondary N) is 1. The van der Waals surface area contributed by atoms with Crippen molar-refractivity contribution in [1.82, 2.24) is 10.2 Å². The SMILES string of the molecule is CCCN1C(=O)N/C(=C/c2cc(Cl)c(OCC(=O)OC)c(Cl)c2)C1=O. The summed E-state index contributed by atoms with van der Waals surface area (Å²) in [5.74, 6) is -0.857. The molecule has 1 saturated heterocycles. The number of imide groups is 1. The van der Waals surface area contributed by atoms with Crippen LogP contribution >= 0.6 is 23.2 Å². The first kappa shape index (κ1) is 19.1. The zero-order chi connectivity index (χ0) is 18.6. The molecule has 0 radical (unpaired) electrons. The van der Waals surface area contributed by atoms with Crippen LogP contribution < -0.4 is 10.1 Å². The molecule has 9 heteroatoms. The number of rotatable bonds is 6. The van der Waals surface area contributed by atoms with Crippen molar-refractivity contribution < 1.29 is 23.9 Å². The van der Waals surface area contributed by atoms with E-state index in [9.17, 15) is 14.4 Å². The van der Waals surface area contributed by atoms with Gasteiger partial charge in [-0.3, -0.25) is 9.69 Å². The van der Waals surface area contributed by atoms with Crippen LogP contribution in [0.1, 0.15) is 18.9 Å². The molecule has 1 aromatic rings. The van der Waals surface area contributed by atoms with E-state index < -0.39 is 17.9 Å². The van der Waals surface area contributed by atoms with Gasteiger partial charge >= 0.3 is 12.0 Å². The van der Waals surface area contributed by atoms with Gasteiger partial charge < -0.3 is 14.8 Å². The number of hydrogen-bond donors (Lipinski definition) is 1. The van der Waals surface area contributed by atoms with Gasteiger partial charge in [0, 0.05) is 6.54 Å². The van der Waals surface area contributed by atoms with E-state index in [1.807, 2.05) is 6.92 Å². The molecule has 1 aliphatic rings. The second-order valence-electron chi connectivity index (χ2n) is 5.12. The van der Waals surface area contributed by atoms with Gasteiger partial charge in [-0.25, -0.2) is 9.59 Å². The summed E-state index contributed by atoms with van der Waals surface area (Å²) in [4.78, 5) is 36.2. The summed E-state index contributed by atoms with van der Waals surface area (Å²) in [7, 11) is 1.24. The maximum Gasteiger partial charge on any atom is 0.343 e. The Hall–Kier alpha value is -2.25. The Labute approximate surface area is 154 Å². The highest BCUT2D eigenvalue weighted by molar-refractivity contribution is 6.37. The Morgan fingerprint density at radius 1 is 1.28 bits per heavy atom. The zero-order valence-electron chi connectivity index (χ0n) is 13.6. The summed E-state index contributed by atoms with van der Waals surface area (Å²) in [6, 6.07) is 2.55. The van der Waals surface area contributed by atoms with Crippen molar-refractivity contribution in [3.05, 3.63) is 33.4 Å². The van der Waals surface area contributed by atoms with E-state index in [2.05, 4.69) is 10.1 Å². The normalized spacial score (nSPS) is 15.5. The fourth-order valence-electron chi connectivity index (χ4n) is 2.16. The monoisotopic (exact) mass is 386 g/mol. The molecule has 25 heavy (non-hydrogen) atoms. The summed E-state index contributed by atoms with van der Waals surface area (Å²) < 4.78 is 9.70. The van der Waals surface area contributed by atoms with E-state index in [0.717, 1.165) is 4.90 Å². The molecule has 7 nitrogen and oxygen atoms in total. The minimum atomic E-state index is -0.575. The molecule has 134 valence electrons. The lowest BCUT2D eigenvalue weighted by Gasteiger charge is -2.10. The van der Waals surface area contributed by atoms with Crippen LogP contribution in [0.3, 0.4) is 0 Å². The number of methoxy groups -OCH3 is 1. The van der Waals surface area contributed by atoms with Crippen LogP contribution in [0, 0.1) is 0 Å². The van der Waals surface area contributed by atoms with Crippen molar-refractivity contribution in [2.45, 2.75) is 13.3 Å². The van der Waals surface area contributed by atoms with Crippen molar-refractivity contribution in [2.24, 2.45) is 0 Å². The Morgan fingerprint density at radius 2 is 1.92 bits per heavy atom. The Bertz CT molecular complexity index is 725. The highest BCUT2D eigenvalue weighted by Crippen LogP contribution is 2.35. The van der Waals surface area contributed by atoms with E-state index >= 15 is 0 Å². The first-order valence-corrected chi connectivity index (χ1v) is 8.16. The molecule has 1 heterocycles. The number of carbonyl (C=O) groups is 3. The summed E-state index contributed by atoms with van der Waals surface area (Å²) in [6.45, 7) is 1.87. The first-order valence-electron chi connectivity index (χ1n) is 7.40. The van der Waals surface area contributed by atoms with Gasteiger partial charge in [0.25, 0.3) is 5.91 Å². The molecule has 2 rings (SSSR count). The number of benzene rings is 1. The molecule has 1 aliphatic heterocycles. The number of halogens is 2. The molecular formula is C16H16Cl2N2O5. The summed E-state index contributed by atoms with van der Waals surface area (Å²) in [5.41, 5.74) is 0.635. The van der Waals surface area contributed by atoms with Gasteiger partial charge in [-0.05, 0) is 30.2 Å². The first-order chi connectivity index (χ1) is 11.9. The van der Waals surface area contributed by atoms with Crippen LogP contribution in [0.5, 0.6) is 5.75 Å².